The van der Waals surface area contributed by atoms with Crippen molar-refractivity contribution >= 4 is 29.7 Å². The number of carboxylic acids is 2. The van der Waals surface area contributed by atoms with E-state index >= 15 is 0 Å². The van der Waals surface area contributed by atoms with Crippen molar-refractivity contribution in [2.24, 2.45) is 17.4 Å². The van der Waals surface area contributed by atoms with E-state index in [1.54, 1.807) is 13.8 Å². The highest BCUT2D eigenvalue weighted by atomic mass is 16.4. The van der Waals surface area contributed by atoms with E-state index in [-0.39, 0.29) is 6.42 Å². The minimum absolute atomic E-state index is 0.0773. The molecular weight excluding hydrogens is 426 g/mol. The van der Waals surface area contributed by atoms with Gasteiger partial charge in [0.1, 0.15) is 24.2 Å². The molecule has 0 aliphatic heterocycles. The fourth-order valence-corrected chi connectivity index (χ4v) is 2.67. The average Bonchev–Trinajstić information content (AvgIpc) is 2.68. The van der Waals surface area contributed by atoms with Crippen LogP contribution in [0.2, 0.25) is 0 Å². The number of carbonyl (C=O) groups excluding carboxylic acids is 3. The number of hydrogen-bond acceptors (Lipinski definition) is 8. The Balaban J connectivity index is 5.41. The SMILES string of the molecule is CC(C)C(NC(=O)C(N)C(C)O)C(=O)NC(CC(=O)O)C(=O)NC(CCCCN)C(=O)O. The van der Waals surface area contributed by atoms with E-state index < -0.39 is 72.3 Å². The summed E-state index contributed by atoms with van der Waals surface area (Å²) in [6.07, 6.45) is -0.941. The molecule has 13 heteroatoms. The molecule has 32 heavy (non-hydrogen) atoms. The summed E-state index contributed by atoms with van der Waals surface area (Å²) in [4.78, 5) is 60.0. The molecule has 0 radical (unpaired) electrons. The summed E-state index contributed by atoms with van der Waals surface area (Å²) in [5, 5.41) is 34.7. The van der Waals surface area contributed by atoms with Crippen molar-refractivity contribution in [2.75, 3.05) is 6.54 Å². The fourth-order valence-electron chi connectivity index (χ4n) is 2.67. The van der Waals surface area contributed by atoms with Crippen molar-refractivity contribution in [1.82, 2.24) is 16.0 Å². The normalized spacial score (nSPS) is 15.7. The maximum atomic E-state index is 12.7. The summed E-state index contributed by atoms with van der Waals surface area (Å²) >= 11 is 0. The molecule has 184 valence electrons. The number of nitrogens with one attached hydrogen (secondary N) is 3. The molecule has 0 aliphatic rings. The van der Waals surface area contributed by atoms with Crippen LogP contribution < -0.4 is 27.4 Å². The average molecular weight is 462 g/mol. The van der Waals surface area contributed by atoms with Crippen LogP contribution >= 0.6 is 0 Å². The summed E-state index contributed by atoms with van der Waals surface area (Å²) in [6, 6.07) is -5.35. The Morgan fingerprint density at radius 2 is 1.41 bits per heavy atom. The number of rotatable bonds is 15. The predicted molar refractivity (Wildman–Crippen MR) is 113 cm³/mol. The molecule has 13 nitrogen and oxygen atoms in total. The standard InChI is InChI=1S/C19H35N5O8/c1-9(2)15(24-17(29)14(21)10(3)25)18(30)23-12(8-13(26)27)16(28)22-11(19(31)32)6-4-5-7-20/h9-12,14-15,25H,4-8,20-21H2,1-3H3,(H,22,28)(H,23,30)(H,24,29)(H,26,27)(H,31,32). The molecule has 3 amide bonds. The van der Waals surface area contributed by atoms with Crippen LogP contribution in [-0.2, 0) is 24.0 Å². The second-order valence-corrected chi connectivity index (χ2v) is 7.84. The lowest BCUT2D eigenvalue weighted by atomic mass is 10.0. The summed E-state index contributed by atoms with van der Waals surface area (Å²) in [6.45, 7) is 4.85. The molecule has 0 heterocycles. The Morgan fingerprint density at radius 1 is 0.844 bits per heavy atom. The number of carbonyl (C=O) groups is 5. The van der Waals surface area contributed by atoms with E-state index in [9.17, 15) is 34.2 Å². The van der Waals surface area contributed by atoms with E-state index in [0.29, 0.717) is 19.4 Å². The smallest absolute Gasteiger partial charge is 0.326 e. The van der Waals surface area contributed by atoms with Gasteiger partial charge in [0.05, 0.1) is 12.5 Å². The van der Waals surface area contributed by atoms with Crippen LogP contribution in [-0.4, -0.2) is 81.8 Å². The van der Waals surface area contributed by atoms with Gasteiger partial charge in [-0.3, -0.25) is 19.2 Å². The lowest BCUT2D eigenvalue weighted by Gasteiger charge is -2.27. The predicted octanol–water partition coefficient (Wildman–Crippen LogP) is -2.51. The first-order chi connectivity index (χ1) is 14.8. The van der Waals surface area contributed by atoms with Gasteiger partial charge in [-0.15, -0.1) is 0 Å². The van der Waals surface area contributed by atoms with Gasteiger partial charge in [0.15, 0.2) is 0 Å². The first-order valence-electron chi connectivity index (χ1n) is 10.3. The summed E-state index contributed by atoms with van der Waals surface area (Å²) in [7, 11) is 0. The quantitative estimate of drug-likeness (QED) is 0.119. The van der Waals surface area contributed by atoms with Gasteiger partial charge in [-0.1, -0.05) is 13.8 Å². The number of amides is 3. The zero-order valence-corrected chi connectivity index (χ0v) is 18.5. The van der Waals surface area contributed by atoms with E-state index in [1.165, 1.54) is 6.92 Å². The van der Waals surface area contributed by atoms with E-state index in [4.69, 9.17) is 16.6 Å². The number of nitrogens with two attached hydrogens (primary N) is 2. The molecule has 0 bridgehead atoms. The Hall–Kier alpha value is -2.77. The van der Waals surface area contributed by atoms with Gasteiger partial charge >= 0.3 is 11.9 Å². The third-order valence-electron chi connectivity index (χ3n) is 4.64. The molecule has 5 unspecified atom stereocenters. The highest BCUT2D eigenvalue weighted by Crippen LogP contribution is 2.06. The fraction of sp³-hybridized carbons (Fsp3) is 0.737. The molecule has 0 spiro atoms. The van der Waals surface area contributed by atoms with Gasteiger partial charge in [0.25, 0.3) is 0 Å². The molecule has 0 saturated heterocycles. The van der Waals surface area contributed by atoms with Crippen molar-refractivity contribution in [3.05, 3.63) is 0 Å². The van der Waals surface area contributed by atoms with Crippen LogP contribution in [0.4, 0.5) is 0 Å². The second kappa shape index (κ2) is 14.3. The molecule has 10 N–H and O–H groups in total. The zero-order valence-electron chi connectivity index (χ0n) is 18.5. The first kappa shape index (κ1) is 29.2. The third-order valence-corrected chi connectivity index (χ3v) is 4.64. The minimum atomic E-state index is -1.58. The maximum absolute atomic E-state index is 12.7. The summed E-state index contributed by atoms with van der Waals surface area (Å²) in [5.74, 6) is -5.84. The number of aliphatic hydroxyl groups is 1. The van der Waals surface area contributed by atoms with Gasteiger partial charge in [-0.25, -0.2) is 4.79 Å². The van der Waals surface area contributed by atoms with E-state index in [0.717, 1.165) is 0 Å². The molecule has 0 aliphatic carbocycles. The highest BCUT2D eigenvalue weighted by molar-refractivity contribution is 5.95. The largest absolute Gasteiger partial charge is 0.481 e. The van der Waals surface area contributed by atoms with E-state index in [2.05, 4.69) is 16.0 Å². The Labute approximate surface area is 186 Å². The van der Waals surface area contributed by atoms with Crippen LogP contribution in [0.3, 0.4) is 0 Å². The highest BCUT2D eigenvalue weighted by Gasteiger charge is 2.33. The van der Waals surface area contributed by atoms with Crippen LogP contribution in [0, 0.1) is 5.92 Å². The third kappa shape index (κ3) is 10.5. The zero-order chi connectivity index (χ0) is 25.0. The van der Waals surface area contributed by atoms with Gasteiger partial charge < -0.3 is 42.7 Å². The van der Waals surface area contributed by atoms with Gasteiger partial charge in [0, 0.05) is 0 Å². The van der Waals surface area contributed by atoms with Gasteiger partial charge in [-0.05, 0) is 38.6 Å². The Morgan fingerprint density at radius 3 is 1.84 bits per heavy atom. The second-order valence-electron chi connectivity index (χ2n) is 7.84. The molecule has 0 rings (SSSR count). The molecule has 0 saturated carbocycles. The number of hydrogen-bond donors (Lipinski definition) is 8. The van der Waals surface area contributed by atoms with Crippen LogP contribution in [0.15, 0.2) is 0 Å². The van der Waals surface area contributed by atoms with Gasteiger partial charge in [0.2, 0.25) is 17.7 Å². The molecule has 0 aromatic carbocycles. The van der Waals surface area contributed by atoms with Crippen LogP contribution in [0.1, 0.15) is 46.5 Å². The van der Waals surface area contributed by atoms with Crippen molar-refractivity contribution in [3.63, 3.8) is 0 Å². The lowest BCUT2D eigenvalue weighted by molar-refractivity contribution is -0.144. The molecule has 0 aromatic heterocycles. The minimum Gasteiger partial charge on any atom is -0.481 e. The van der Waals surface area contributed by atoms with Crippen molar-refractivity contribution in [3.8, 4) is 0 Å². The Bertz CT molecular complexity index is 670. The summed E-state index contributed by atoms with van der Waals surface area (Å²) in [5.41, 5.74) is 10.9. The van der Waals surface area contributed by atoms with E-state index in [1.807, 2.05) is 0 Å². The molecule has 5 atom stereocenters. The Kier molecular flexibility index (Phi) is 13.1. The molecular formula is C19H35N5O8. The number of aliphatic hydroxyl groups excluding tert-OH is 1. The first-order valence-corrected chi connectivity index (χ1v) is 10.3. The van der Waals surface area contributed by atoms with Gasteiger partial charge in [-0.2, -0.15) is 0 Å². The molecule has 0 aromatic rings. The van der Waals surface area contributed by atoms with Crippen molar-refractivity contribution < 1.29 is 39.3 Å². The number of unbranched alkanes of at least 4 members (excludes halogenated alkanes) is 1. The molecule has 0 fully saturated rings. The van der Waals surface area contributed by atoms with Crippen LogP contribution in [0.5, 0.6) is 0 Å². The number of aliphatic carboxylic acids is 2. The lowest BCUT2D eigenvalue weighted by Crippen LogP contribution is -2.59. The van der Waals surface area contributed by atoms with Crippen molar-refractivity contribution in [1.29, 1.82) is 0 Å². The topological polar surface area (TPSA) is 234 Å². The maximum Gasteiger partial charge on any atom is 0.326 e. The monoisotopic (exact) mass is 461 g/mol. The number of carboxylic acid groups (broad SMARTS) is 2. The summed E-state index contributed by atoms with van der Waals surface area (Å²) < 4.78 is 0. The van der Waals surface area contributed by atoms with Crippen molar-refractivity contribution in [2.45, 2.75) is 76.7 Å². The van der Waals surface area contributed by atoms with Crippen LogP contribution in [0.25, 0.3) is 0 Å².